The number of sulfonamides is 1. The monoisotopic (exact) mass is 463 g/mol. The summed E-state index contributed by atoms with van der Waals surface area (Å²) in [6, 6.07) is 12.0. The molecule has 0 aliphatic carbocycles. The molecule has 2 N–H and O–H groups in total. The molecule has 1 atom stereocenters. The lowest BCUT2D eigenvalue weighted by Crippen LogP contribution is -2.29. The number of nitrogens with one attached hydrogen (secondary N) is 1. The summed E-state index contributed by atoms with van der Waals surface area (Å²) in [4.78, 5) is 10.7. The van der Waals surface area contributed by atoms with Gasteiger partial charge in [0.2, 0.25) is 10.0 Å². The summed E-state index contributed by atoms with van der Waals surface area (Å²) < 4.78 is 41.8. The van der Waals surface area contributed by atoms with E-state index in [2.05, 4.69) is 25.5 Å². The Morgan fingerprint density at radius 3 is 2.19 bits per heavy atom. The second-order valence-corrected chi connectivity index (χ2v) is 11.1. The highest BCUT2D eigenvalue weighted by Gasteiger charge is 2.22. The molecule has 0 saturated carbocycles. The first kappa shape index (κ1) is 26.0. The van der Waals surface area contributed by atoms with Crippen molar-refractivity contribution in [2.24, 2.45) is 5.41 Å². The molecule has 0 spiro atoms. The fraction of sp³-hybridized carbons (Fsp3) is 0.480. The number of rotatable bonds is 12. The Hall–Kier alpha value is -2.25. The molecule has 176 valence electrons. The summed E-state index contributed by atoms with van der Waals surface area (Å²) in [5.74, 6) is -1.30. The van der Waals surface area contributed by atoms with Crippen LogP contribution in [0.2, 0.25) is 0 Å². The molecule has 0 heterocycles. The molecule has 0 aliphatic heterocycles. The molecule has 0 fully saturated rings. The standard InChI is InChI=1S/C25H34FNO4S/c1-25(2,3)18-5-4-8-23(27-32(30,31)22-16-14-21(26)15-17-22)20-12-10-19(11-13-20)7-6-9-24(28)29/h10-17,23,27H,4-9,18H2,1-3H3,(H,28,29). The highest BCUT2D eigenvalue weighted by molar-refractivity contribution is 7.89. The number of hydrogen-bond donors (Lipinski definition) is 2. The highest BCUT2D eigenvalue weighted by atomic mass is 32.2. The van der Waals surface area contributed by atoms with Gasteiger partial charge in [0.25, 0.3) is 0 Å². The van der Waals surface area contributed by atoms with E-state index in [1.165, 1.54) is 12.1 Å². The van der Waals surface area contributed by atoms with E-state index < -0.39 is 27.9 Å². The third-order valence-electron chi connectivity index (χ3n) is 5.33. The number of aliphatic carboxylic acids is 1. The van der Waals surface area contributed by atoms with E-state index in [1.807, 2.05) is 24.3 Å². The molecule has 0 saturated heterocycles. The molecule has 0 aliphatic rings. The number of unbranched alkanes of at least 4 members (excludes halogenated alkanes) is 1. The van der Waals surface area contributed by atoms with Crippen LogP contribution in [0, 0.1) is 11.2 Å². The normalized spacial score (nSPS) is 13.1. The molecule has 0 aromatic heterocycles. The molecule has 0 radical (unpaired) electrons. The number of carboxylic acids is 1. The van der Waals surface area contributed by atoms with Crippen LogP contribution in [0.3, 0.4) is 0 Å². The Kier molecular flexibility index (Phi) is 9.40. The zero-order valence-electron chi connectivity index (χ0n) is 19.1. The van der Waals surface area contributed by atoms with Crippen LogP contribution in [0.1, 0.15) is 76.5 Å². The van der Waals surface area contributed by atoms with Crippen molar-refractivity contribution < 1.29 is 22.7 Å². The van der Waals surface area contributed by atoms with E-state index in [-0.39, 0.29) is 16.7 Å². The van der Waals surface area contributed by atoms with Gasteiger partial charge >= 0.3 is 5.97 Å². The summed E-state index contributed by atoms with van der Waals surface area (Å²) in [5.41, 5.74) is 2.09. The Morgan fingerprint density at radius 2 is 1.62 bits per heavy atom. The van der Waals surface area contributed by atoms with Gasteiger partial charge in [-0.25, -0.2) is 17.5 Å². The van der Waals surface area contributed by atoms with Crippen molar-refractivity contribution in [2.75, 3.05) is 0 Å². The molecule has 1 unspecified atom stereocenters. The molecular weight excluding hydrogens is 429 g/mol. The number of benzene rings is 2. The Bertz CT molecular complexity index is 964. The summed E-state index contributed by atoms with van der Waals surface area (Å²) >= 11 is 0. The van der Waals surface area contributed by atoms with Crippen molar-refractivity contribution in [3.05, 3.63) is 65.5 Å². The van der Waals surface area contributed by atoms with Crippen LogP contribution in [0.4, 0.5) is 4.39 Å². The Labute approximate surface area is 191 Å². The van der Waals surface area contributed by atoms with Crippen molar-refractivity contribution in [1.29, 1.82) is 0 Å². The Balaban J connectivity index is 2.14. The van der Waals surface area contributed by atoms with Gasteiger partial charge in [-0.3, -0.25) is 4.79 Å². The maximum Gasteiger partial charge on any atom is 0.303 e. The predicted octanol–water partition coefficient (Wildman–Crippen LogP) is 5.86. The molecular formula is C25H34FNO4S. The molecule has 2 aromatic carbocycles. The van der Waals surface area contributed by atoms with Gasteiger partial charge in [0, 0.05) is 12.5 Å². The van der Waals surface area contributed by atoms with Gasteiger partial charge in [-0.05, 0) is 66.5 Å². The van der Waals surface area contributed by atoms with Crippen LogP contribution in [0.15, 0.2) is 53.4 Å². The van der Waals surface area contributed by atoms with Crippen molar-refractivity contribution in [3.63, 3.8) is 0 Å². The van der Waals surface area contributed by atoms with E-state index in [4.69, 9.17) is 5.11 Å². The molecule has 2 aromatic rings. The maximum atomic E-state index is 13.2. The molecule has 5 nitrogen and oxygen atoms in total. The van der Waals surface area contributed by atoms with Gasteiger partial charge in [0.05, 0.1) is 4.90 Å². The highest BCUT2D eigenvalue weighted by Crippen LogP contribution is 2.27. The summed E-state index contributed by atoms with van der Waals surface area (Å²) in [5, 5.41) is 8.79. The molecule has 0 bridgehead atoms. The zero-order valence-corrected chi connectivity index (χ0v) is 19.9. The lowest BCUT2D eigenvalue weighted by Gasteiger charge is -2.22. The van der Waals surface area contributed by atoms with Crippen LogP contribution in [0.5, 0.6) is 0 Å². The SMILES string of the molecule is CC(C)(C)CCCCC(NS(=O)(=O)c1ccc(F)cc1)c1ccc(CCCC(=O)O)cc1. The first-order chi connectivity index (χ1) is 15.0. The fourth-order valence-electron chi connectivity index (χ4n) is 3.53. The van der Waals surface area contributed by atoms with E-state index in [9.17, 15) is 17.6 Å². The van der Waals surface area contributed by atoms with Gasteiger partial charge in [-0.15, -0.1) is 0 Å². The summed E-state index contributed by atoms with van der Waals surface area (Å²) in [7, 11) is -3.81. The van der Waals surface area contributed by atoms with E-state index in [1.54, 1.807) is 0 Å². The minimum absolute atomic E-state index is 0.0314. The van der Waals surface area contributed by atoms with Crippen LogP contribution in [-0.2, 0) is 21.2 Å². The van der Waals surface area contributed by atoms with Crippen LogP contribution >= 0.6 is 0 Å². The topological polar surface area (TPSA) is 83.5 Å². The maximum absolute atomic E-state index is 13.2. The largest absolute Gasteiger partial charge is 0.481 e. The second kappa shape index (κ2) is 11.6. The average Bonchev–Trinajstić information content (AvgIpc) is 2.70. The first-order valence-electron chi connectivity index (χ1n) is 11.0. The minimum atomic E-state index is -3.81. The van der Waals surface area contributed by atoms with Crippen LogP contribution in [-0.4, -0.2) is 19.5 Å². The molecule has 32 heavy (non-hydrogen) atoms. The van der Waals surface area contributed by atoms with Crippen LogP contribution < -0.4 is 4.72 Å². The van der Waals surface area contributed by atoms with Gasteiger partial charge in [-0.1, -0.05) is 57.9 Å². The van der Waals surface area contributed by atoms with Crippen molar-refractivity contribution in [1.82, 2.24) is 4.72 Å². The predicted molar refractivity (Wildman–Crippen MR) is 124 cm³/mol. The number of carboxylic acid groups (broad SMARTS) is 1. The minimum Gasteiger partial charge on any atom is -0.481 e. The van der Waals surface area contributed by atoms with E-state index in [0.29, 0.717) is 19.3 Å². The van der Waals surface area contributed by atoms with Crippen LogP contribution in [0.25, 0.3) is 0 Å². The molecule has 7 heteroatoms. The lowest BCUT2D eigenvalue weighted by molar-refractivity contribution is -0.137. The molecule has 0 amide bonds. The van der Waals surface area contributed by atoms with Gasteiger partial charge in [0.15, 0.2) is 0 Å². The van der Waals surface area contributed by atoms with E-state index >= 15 is 0 Å². The third kappa shape index (κ3) is 9.09. The van der Waals surface area contributed by atoms with Crippen molar-refractivity contribution in [3.8, 4) is 0 Å². The third-order valence-corrected chi connectivity index (χ3v) is 6.82. The number of aryl methyl sites for hydroxylation is 1. The van der Waals surface area contributed by atoms with Gasteiger partial charge in [0.1, 0.15) is 5.82 Å². The zero-order chi connectivity index (χ0) is 23.8. The number of halogens is 1. The smallest absolute Gasteiger partial charge is 0.303 e. The number of hydrogen-bond acceptors (Lipinski definition) is 3. The quantitative estimate of drug-likeness (QED) is 0.386. The summed E-state index contributed by atoms with van der Waals surface area (Å²) in [6.45, 7) is 6.56. The second-order valence-electron chi connectivity index (χ2n) is 9.42. The van der Waals surface area contributed by atoms with Gasteiger partial charge in [-0.2, -0.15) is 0 Å². The molecule has 2 rings (SSSR count). The van der Waals surface area contributed by atoms with Gasteiger partial charge < -0.3 is 5.11 Å². The summed E-state index contributed by atoms with van der Waals surface area (Å²) in [6.07, 6.45) is 4.89. The lowest BCUT2D eigenvalue weighted by atomic mass is 9.88. The average molecular weight is 464 g/mol. The van der Waals surface area contributed by atoms with E-state index in [0.717, 1.165) is 42.5 Å². The first-order valence-corrected chi connectivity index (χ1v) is 12.5. The number of carbonyl (C=O) groups is 1. The fourth-order valence-corrected chi connectivity index (χ4v) is 4.79. The van der Waals surface area contributed by atoms with Crippen molar-refractivity contribution >= 4 is 16.0 Å². The Morgan fingerprint density at radius 1 is 1.00 bits per heavy atom. The van der Waals surface area contributed by atoms with Crippen molar-refractivity contribution in [2.45, 2.75) is 76.7 Å².